The fourth-order valence-corrected chi connectivity index (χ4v) is 1.57. The molecule has 1 heterocycles. The first kappa shape index (κ1) is 14.3. The summed E-state index contributed by atoms with van der Waals surface area (Å²) in [6.07, 6.45) is 0.803. The molecule has 0 unspecified atom stereocenters. The van der Waals surface area contributed by atoms with Crippen LogP contribution in [0.25, 0.3) is 0 Å². The number of aromatic nitrogens is 3. The van der Waals surface area contributed by atoms with E-state index in [1.807, 2.05) is 6.92 Å². The molecule has 0 aliphatic carbocycles. The summed E-state index contributed by atoms with van der Waals surface area (Å²) in [6, 6.07) is 4.19. The van der Waals surface area contributed by atoms with Gasteiger partial charge < -0.3 is 15.8 Å². The third-order valence-electron chi connectivity index (χ3n) is 2.24. The average molecular weight is 298 g/mol. The van der Waals surface area contributed by atoms with E-state index < -0.39 is 5.82 Å². The molecule has 0 radical (unpaired) electrons. The Morgan fingerprint density at radius 2 is 2.15 bits per heavy atom. The number of anilines is 3. The van der Waals surface area contributed by atoms with Crippen LogP contribution in [0.3, 0.4) is 0 Å². The van der Waals surface area contributed by atoms with Gasteiger partial charge in [-0.15, -0.1) is 0 Å². The Labute approximate surface area is 120 Å². The predicted molar refractivity (Wildman–Crippen MR) is 74.7 cm³/mol. The van der Waals surface area contributed by atoms with Crippen molar-refractivity contribution in [3.63, 3.8) is 0 Å². The zero-order valence-electron chi connectivity index (χ0n) is 10.7. The van der Waals surface area contributed by atoms with Gasteiger partial charge in [-0.1, -0.05) is 18.5 Å². The van der Waals surface area contributed by atoms with Crippen LogP contribution in [0.15, 0.2) is 18.2 Å². The van der Waals surface area contributed by atoms with Gasteiger partial charge in [0.2, 0.25) is 11.9 Å². The number of ether oxygens (including phenoxy) is 1. The molecule has 20 heavy (non-hydrogen) atoms. The molecule has 3 N–H and O–H groups in total. The summed E-state index contributed by atoms with van der Waals surface area (Å²) in [5, 5.41) is 3.08. The highest BCUT2D eigenvalue weighted by atomic mass is 35.5. The molecule has 0 amide bonds. The van der Waals surface area contributed by atoms with Crippen molar-refractivity contribution in [1.29, 1.82) is 0 Å². The van der Waals surface area contributed by atoms with Crippen LogP contribution in [0.1, 0.15) is 13.3 Å². The minimum absolute atomic E-state index is 0.0176. The van der Waals surface area contributed by atoms with E-state index in [0.29, 0.717) is 11.6 Å². The van der Waals surface area contributed by atoms with E-state index in [1.165, 1.54) is 18.2 Å². The Morgan fingerprint density at radius 3 is 2.90 bits per heavy atom. The van der Waals surface area contributed by atoms with Crippen LogP contribution in [0.4, 0.5) is 22.0 Å². The molecule has 0 aliphatic rings. The summed E-state index contributed by atoms with van der Waals surface area (Å²) in [5.74, 6) is -0.412. The molecule has 0 atom stereocenters. The van der Waals surface area contributed by atoms with Gasteiger partial charge in [-0.3, -0.25) is 0 Å². The number of hydrogen-bond donors (Lipinski definition) is 2. The number of nitrogen functional groups attached to an aromatic ring is 1. The third kappa shape index (κ3) is 3.67. The van der Waals surface area contributed by atoms with Crippen LogP contribution in [0.2, 0.25) is 5.02 Å². The first-order chi connectivity index (χ1) is 9.58. The number of nitrogens with one attached hydrogen (secondary N) is 1. The maximum atomic E-state index is 13.6. The molecule has 0 spiro atoms. The molecule has 0 aliphatic heterocycles. The van der Waals surface area contributed by atoms with E-state index in [-0.39, 0.29) is 23.6 Å². The van der Waals surface area contributed by atoms with E-state index >= 15 is 0 Å². The average Bonchev–Trinajstić information content (AvgIpc) is 2.40. The van der Waals surface area contributed by atoms with Crippen molar-refractivity contribution in [1.82, 2.24) is 15.0 Å². The second kappa shape index (κ2) is 6.33. The zero-order chi connectivity index (χ0) is 14.5. The fraction of sp³-hybridized carbons (Fsp3) is 0.250. The first-order valence-electron chi connectivity index (χ1n) is 5.95. The van der Waals surface area contributed by atoms with Gasteiger partial charge in [0.05, 0.1) is 12.3 Å². The Morgan fingerprint density at radius 1 is 1.35 bits per heavy atom. The lowest BCUT2D eigenvalue weighted by molar-refractivity contribution is 0.292. The van der Waals surface area contributed by atoms with Crippen LogP contribution in [-0.4, -0.2) is 21.6 Å². The molecular weight excluding hydrogens is 285 g/mol. The molecule has 0 bridgehead atoms. The number of benzene rings is 1. The summed E-state index contributed by atoms with van der Waals surface area (Å²) >= 11 is 5.80. The maximum absolute atomic E-state index is 13.6. The van der Waals surface area contributed by atoms with Gasteiger partial charge in [-0.25, -0.2) is 4.39 Å². The summed E-state index contributed by atoms with van der Waals surface area (Å²) in [6.45, 7) is 2.40. The van der Waals surface area contributed by atoms with Gasteiger partial charge in [-0.2, -0.15) is 15.0 Å². The van der Waals surface area contributed by atoms with Gasteiger partial charge in [0, 0.05) is 5.02 Å². The molecule has 2 rings (SSSR count). The van der Waals surface area contributed by atoms with Crippen LogP contribution in [0.5, 0.6) is 6.01 Å². The van der Waals surface area contributed by atoms with Gasteiger partial charge in [0.1, 0.15) is 5.82 Å². The summed E-state index contributed by atoms with van der Waals surface area (Å²) in [4.78, 5) is 11.7. The fourth-order valence-electron chi connectivity index (χ4n) is 1.40. The van der Waals surface area contributed by atoms with Gasteiger partial charge >= 0.3 is 6.01 Å². The van der Waals surface area contributed by atoms with Crippen molar-refractivity contribution in [2.24, 2.45) is 0 Å². The normalized spacial score (nSPS) is 10.3. The van der Waals surface area contributed by atoms with Gasteiger partial charge in [-0.05, 0) is 24.6 Å². The smallest absolute Gasteiger partial charge is 0.323 e. The van der Waals surface area contributed by atoms with E-state index in [9.17, 15) is 4.39 Å². The van der Waals surface area contributed by atoms with E-state index in [1.54, 1.807) is 0 Å². The lowest BCUT2D eigenvalue weighted by Gasteiger charge is -2.08. The van der Waals surface area contributed by atoms with Gasteiger partial charge in [0.15, 0.2) is 0 Å². The van der Waals surface area contributed by atoms with Crippen molar-refractivity contribution in [2.75, 3.05) is 17.7 Å². The van der Waals surface area contributed by atoms with E-state index in [2.05, 4.69) is 20.3 Å². The molecule has 0 saturated carbocycles. The monoisotopic (exact) mass is 297 g/mol. The van der Waals surface area contributed by atoms with Crippen molar-refractivity contribution < 1.29 is 9.13 Å². The van der Waals surface area contributed by atoms with Crippen molar-refractivity contribution in [3.8, 4) is 6.01 Å². The van der Waals surface area contributed by atoms with E-state index in [4.69, 9.17) is 22.1 Å². The number of halogens is 2. The Balaban J connectivity index is 2.24. The second-order valence-electron chi connectivity index (χ2n) is 3.90. The molecule has 1 aromatic heterocycles. The molecule has 1 aromatic carbocycles. The number of rotatable bonds is 5. The molecular formula is C12H13ClFN5O. The Kier molecular flexibility index (Phi) is 4.52. The van der Waals surface area contributed by atoms with Gasteiger partial charge in [0.25, 0.3) is 0 Å². The Hall–Kier alpha value is -2.15. The van der Waals surface area contributed by atoms with Crippen LogP contribution in [0, 0.1) is 5.82 Å². The number of nitrogens with two attached hydrogens (primary N) is 1. The minimum atomic E-state index is -0.482. The van der Waals surface area contributed by atoms with Crippen LogP contribution >= 0.6 is 11.6 Å². The third-order valence-corrected chi connectivity index (χ3v) is 2.48. The second-order valence-corrected chi connectivity index (χ2v) is 4.33. The highest BCUT2D eigenvalue weighted by Crippen LogP contribution is 2.22. The van der Waals surface area contributed by atoms with Crippen molar-refractivity contribution >= 4 is 29.2 Å². The lowest BCUT2D eigenvalue weighted by atomic mass is 10.3. The molecule has 106 valence electrons. The number of hydrogen-bond acceptors (Lipinski definition) is 6. The largest absolute Gasteiger partial charge is 0.463 e. The van der Waals surface area contributed by atoms with Crippen molar-refractivity contribution in [3.05, 3.63) is 29.0 Å². The predicted octanol–water partition coefficient (Wildman–Crippen LogP) is 2.78. The Bertz CT molecular complexity index is 610. The molecule has 0 saturated heterocycles. The summed E-state index contributed by atoms with van der Waals surface area (Å²) in [7, 11) is 0. The highest BCUT2D eigenvalue weighted by Gasteiger charge is 2.09. The van der Waals surface area contributed by atoms with Crippen LogP contribution < -0.4 is 15.8 Å². The molecule has 0 fully saturated rings. The molecule has 8 heteroatoms. The maximum Gasteiger partial charge on any atom is 0.323 e. The minimum Gasteiger partial charge on any atom is -0.463 e. The first-order valence-corrected chi connectivity index (χ1v) is 6.32. The quantitative estimate of drug-likeness (QED) is 0.882. The summed E-state index contributed by atoms with van der Waals surface area (Å²) in [5.41, 5.74) is 5.69. The van der Waals surface area contributed by atoms with Crippen molar-refractivity contribution in [2.45, 2.75) is 13.3 Å². The highest BCUT2D eigenvalue weighted by molar-refractivity contribution is 6.30. The zero-order valence-corrected chi connectivity index (χ0v) is 11.5. The standard InChI is InChI=1S/C12H13ClFN5O/c1-2-5-20-12-18-10(15)17-11(19-12)16-9-6-7(13)3-4-8(9)14/h3-4,6H,2,5H2,1H3,(H3,15,16,17,18,19). The SMILES string of the molecule is CCCOc1nc(N)nc(Nc2cc(Cl)ccc2F)n1. The summed E-state index contributed by atoms with van der Waals surface area (Å²) < 4.78 is 18.9. The van der Waals surface area contributed by atoms with Crippen LogP contribution in [-0.2, 0) is 0 Å². The number of nitrogens with zero attached hydrogens (tertiary/aromatic N) is 3. The molecule has 6 nitrogen and oxygen atoms in total. The molecule has 2 aromatic rings. The lowest BCUT2D eigenvalue weighted by Crippen LogP contribution is -2.08. The van der Waals surface area contributed by atoms with E-state index in [0.717, 1.165) is 6.42 Å². The topological polar surface area (TPSA) is 86.0 Å².